The van der Waals surface area contributed by atoms with Crippen molar-refractivity contribution in [3.05, 3.63) is 65.2 Å². The molecule has 21 heavy (non-hydrogen) atoms. The lowest BCUT2D eigenvalue weighted by molar-refractivity contribution is -0.116. The van der Waals surface area contributed by atoms with Crippen LogP contribution in [0.5, 0.6) is 0 Å². The molecule has 2 N–H and O–H groups in total. The fourth-order valence-corrected chi connectivity index (χ4v) is 2.12. The van der Waals surface area contributed by atoms with Gasteiger partial charge in [0.15, 0.2) is 0 Å². The molecule has 0 bridgehead atoms. The molecule has 0 saturated heterocycles. The first-order valence-corrected chi connectivity index (χ1v) is 7.22. The second-order valence-corrected chi connectivity index (χ2v) is 5.20. The summed E-state index contributed by atoms with van der Waals surface area (Å²) in [5.41, 5.74) is 4.26. The highest BCUT2D eigenvalue weighted by Gasteiger charge is 2.03. The van der Waals surface area contributed by atoms with E-state index in [9.17, 15) is 4.79 Å². The largest absolute Gasteiger partial charge is 0.396 e. The molecular weight excluding hydrogens is 262 g/mol. The minimum absolute atomic E-state index is 0.0190. The van der Waals surface area contributed by atoms with Crippen molar-refractivity contribution in [3.63, 3.8) is 0 Å². The van der Waals surface area contributed by atoms with Crippen molar-refractivity contribution in [1.82, 2.24) is 0 Å². The van der Waals surface area contributed by atoms with Crippen molar-refractivity contribution >= 4 is 11.6 Å². The van der Waals surface area contributed by atoms with Crippen molar-refractivity contribution in [2.45, 2.75) is 26.2 Å². The normalized spacial score (nSPS) is 10.4. The summed E-state index contributed by atoms with van der Waals surface area (Å²) in [4.78, 5) is 11.9. The number of nitrogens with one attached hydrogen (secondary N) is 1. The summed E-state index contributed by atoms with van der Waals surface area (Å²) in [6.07, 6.45) is 1.86. The van der Waals surface area contributed by atoms with Crippen LogP contribution in [0.3, 0.4) is 0 Å². The third-order valence-electron chi connectivity index (χ3n) is 3.40. The summed E-state index contributed by atoms with van der Waals surface area (Å²) >= 11 is 0. The predicted molar refractivity (Wildman–Crippen MR) is 85.4 cm³/mol. The Morgan fingerprint density at radius 3 is 2.14 bits per heavy atom. The molecule has 0 aliphatic carbocycles. The van der Waals surface area contributed by atoms with E-state index in [0.717, 1.165) is 17.7 Å². The Balaban J connectivity index is 1.82. The maximum Gasteiger partial charge on any atom is 0.224 e. The highest BCUT2D eigenvalue weighted by Crippen LogP contribution is 2.11. The Kier molecular flexibility index (Phi) is 5.52. The van der Waals surface area contributed by atoms with Crippen molar-refractivity contribution in [2.24, 2.45) is 0 Å². The summed E-state index contributed by atoms with van der Waals surface area (Å²) in [5.74, 6) is 0.0190. The fraction of sp³-hybridized carbons (Fsp3) is 0.278. The second kappa shape index (κ2) is 7.60. The monoisotopic (exact) mass is 283 g/mol. The van der Waals surface area contributed by atoms with Gasteiger partial charge < -0.3 is 10.4 Å². The number of carbonyl (C=O) groups excluding carboxylic acids is 1. The van der Waals surface area contributed by atoms with E-state index in [2.05, 4.69) is 36.5 Å². The first-order valence-electron chi connectivity index (χ1n) is 7.22. The summed E-state index contributed by atoms with van der Waals surface area (Å²) in [5, 5.41) is 11.8. The number of rotatable bonds is 6. The van der Waals surface area contributed by atoms with Gasteiger partial charge in [-0.2, -0.15) is 0 Å². The number of hydrogen-bond donors (Lipinski definition) is 2. The van der Waals surface area contributed by atoms with Gasteiger partial charge in [0.2, 0.25) is 5.91 Å². The first kappa shape index (κ1) is 15.3. The Morgan fingerprint density at radius 2 is 1.52 bits per heavy atom. The zero-order valence-electron chi connectivity index (χ0n) is 12.3. The van der Waals surface area contributed by atoms with E-state index < -0.39 is 0 Å². The van der Waals surface area contributed by atoms with Crippen molar-refractivity contribution in [2.75, 3.05) is 11.9 Å². The molecule has 0 saturated carbocycles. The summed E-state index contributed by atoms with van der Waals surface area (Å²) < 4.78 is 0. The van der Waals surface area contributed by atoms with E-state index in [1.807, 2.05) is 24.3 Å². The molecule has 0 aromatic heterocycles. The molecule has 0 spiro atoms. The number of aliphatic hydroxyl groups excluding tert-OH is 1. The van der Waals surface area contributed by atoms with Gasteiger partial charge in [-0.05, 0) is 43.0 Å². The van der Waals surface area contributed by atoms with Gasteiger partial charge in [0.1, 0.15) is 0 Å². The van der Waals surface area contributed by atoms with E-state index in [1.54, 1.807) is 0 Å². The van der Waals surface area contributed by atoms with Gasteiger partial charge in [0.05, 0.1) is 0 Å². The second-order valence-electron chi connectivity index (χ2n) is 5.20. The van der Waals surface area contributed by atoms with Crippen LogP contribution in [0.2, 0.25) is 0 Å². The minimum Gasteiger partial charge on any atom is -0.396 e. The van der Waals surface area contributed by atoms with Crippen LogP contribution in [0, 0.1) is 6.92 Å². The molecule has 0 unspecified atom stereocenters. The van der Waals surface area contributed by atoms with Crippen LogP contribution in [0.4, 0.5) is 5.69 Å². The molecule has 0 aliphatic heterocycles. The lowest BCUT2D eigenvalue weighted by Gasteiger charge is -2.06. The Hall–Kier alpha value is -2.13. The lowest BCUT2D eigenvalue weighted by atomic mass is 10.1. The van der Waals surface area contributed by atoms with Crippen LogP contribution in [0.15, 0.2) is 48.5 Å². The van der Waals surface area contributed by atoms with Crippen molar-refractivity contribution in [3.8, 4) is 0 Å². The fourth-order valence-electron chi connectivity index (χ4n) is 2.12. The van der Waals surface area contributed by atoms with Crippen molar-refractivity contribution in [1.29, 1.82) is 0 Å². The number of anilines is 1. The third kappa shape index (κ3) is 5.04. The zero-order valence-corrected chi connectivity index (χ0v) is 12.3. The van der Waals surface area contributed by atoms with Crippen LogP contribution in [-0.4, -0.2) is 17.6 Å². The number of benzene rings is 2. The molecule has 3 heteroatoms. The average molecular weight is 283 g/mol. The summed E-state index contributed by atoms with van der Waals surface area (Å²) in [6, 6.07) is 15.8. The predicted octanol–water partition coefficient (Wildman–Crippen LogP) is 3.10. The topological polar surface area (TPSA) is 49.3 Å². The maximum absolute atomic E-state index is 11.9. The molecule has 2 aromatic carbocycles. The molecule has 3 nitrogen and oxygen atoms in total. The quantitative estimate of drug-likeness (QED) is 0.856. The molecule has 0 aliphatic rings. The van der Waals surface area contributed by atoms with E-state index in [-0.39, 0.29) is 12.5 Å². The summed E-state index contributed by atoms with van der Waals surface area (Å²) in [6.45, 7) is 2.19. The van der Waals surface area contributed by atoms with E-state index in [0.29, 0.717) is 12.8 Å². The molecule has 110 valence electrons. The molecule has 0 fully saturated rings. The zero-order chi connectivity index (χ0) is 15.1. The van der Waals surface area contributed by atoms with Crippen LogP contribution in [0.25, 0.3) is 0 Å². The Labute approximate surface area is 125 Å². The highest BCUT2D eigenvalue weighted by molar-refractivity contribution is 5.90. The number of aryl methyl sites for hydroxylation is 2. The maximum atomic E-state index is 11.9. The van der Waals surface area contributed by atoms with Gasteiger partial charge in [-0.3, -0.25) is 4.79 Å². The summed E-state index contributed by atoms with van der Waals surface area (Å²) in [7, 11) is 0. The van der Waals surface area contributed by atoms with Gasteiger partial charge in [-0.1, -0.05) is 42.0 Å². The molecule has 0 heterocycles. The SMILES string of the molecule is Cc1ccc(CCC(=O)Nc2ccc(CCO)cc2)cc1. The van der Waals surface area contributed by atoms with Crippen LogP contribution < -0.4 is 5.32 Å². The first-order chi connectivity index (χ1) is 10.2. The van der Waals surface area contributed by atoms with Crippen LogP contribution in [-0.2, 0) is 17.6 Å². The molecule has 0 radical (unpaired) electrons. The number of carbonyl (C=O) groups is 1. The van der Waals surface area contributed by atoms with Gasteiger partial charge in [0, 0.05) is 18.7 Å². The smallest absolute Gasteiger partial charge is 0.224 e. The van der Waals surface area contributed by atoms with Gasteiger partial charge in [-0.15, -0.1) is 0 Å². The molecule has 0 atom stereocenters. The van der Waals surface area contributed by atoms with Gasteiger partial charge in [-0.25, -0.2) is 0 Å². The number of amides is 1. The Bertz CT molecular complexity index is 573. The third-order valence-corrected chi connectivity index (χ3v) is 3.40. The van der Waals surface area contributed by atoms with Crippen LogP contribution >= 0.6 is 0 Å². The van der Waals surface area contributed by atoms with Crippen molar-refractivity contribution < 1.29 is 9.90 Å². The van der Waals surface area contributed by atoms with E-state index in [1.165, 1.54) is 11.1 Å². The highest BCUT2D eigenvalue weighted by atomic mass is 16.2. The standard InChI is InChI=1S/C18H21NO2/c1-14-2-4-15(5-3-14)8-11-18(21)19-17-9-6-16(7-10-17)12-13-20/h2-7,9-10,20H,8,11-13H2,1H3,(H,19,21). The van der Waals surface area contributed by atoms with Crippen LogP contribution in [0.1, 0.15) is 23.1 Å². The van der Waals surface area contributed by atoms with E-state index >= 15 is 0 Å². The molecule has 1 amide bonds. The number of hydrogen-bond acceptors (Lipinski definition) is 2. The molecular formula is C18H21NO2. The lowest BCUT2D eigenvalue weighted by Crippen LogP contribution is -2.12. The van der Waals surface area contributed by atoms with Gasteiger partial charge in [0.25, 0.3) is 0 Å². The number of aliphatic hydroxyl groups is 1. The molecule has 2 rings (SSSR count). The Morgan fingerprint density at radius 1 is 0.952 bits per heavy atom. The molecule has 2 aromatic rings. The van der Waals surface area contributed by atoms with Gasteiger partial charge >= 0.3 is 0 Å². The van der Waals surface area contributed by atoms with E-state index in [4.69, 9.17) is 5.11 Å². The average Bonchev–Trinajstić information content (AvgIpc) is 2.49. The minimum atomic E-state index is 0.0190.